The van der Waals surface area contributed by atoms with E-state index < -0.39 is 27.9 Å². The third kappa shape index (κ3) is 6.64. The molecule has 4 rings (SSSR count). The summed E-state index contributed by atoms with van der Waals surface area (Å²) in [5, 5.41) is 5.80. The fourth-order valence-corrected chi connectivity index (χ4v) is 5.70. The van der Waals surface area contributed by atoms with E-state index in [1.807, 2.05) is 12.1 Å². The van der Waals surface area contributed by atoms with Crippen LogP contribution >= 0.6 is 23.2 Å². The van der Waals surface area contributed by atoms with Crippen molar-refractivity contribution in [3.63, 3.8) is 0 Å². The van der Waals surface area contributed by atoms with Crippen LogP contribution in [0.2, 0.25) is 10.0 Å². The Kier molecular flexibility index (Phi) is 8.70. The number of carbonyl (C=O) groups excluding carboxylic acids is 3. The van der Waals surface area contributed by atoms with E-state index in [4.69, 9.17) is 27.6 Å². The molecule has 0 fully saturated rings. The maximum Gasteiger partial charge on any atom is 0.308 e. The van der Waals surface area contributed by atoms with Gasteiger partial charge in [-0.3, -0.25) is 14.4 Å². The zero-order chi connectivity index (χ0) is 28.3. The molecule has 0 bridgehead atoms. The lowest BCUT2D eigenvalue weighted by atomic mass is 9.95. The number of carbonyl (C=O) groups is 3. The van der Waals surface area contributed by atoms with Crippen molar-refractivity contribution in [3.05, 3.63) is 73.8 Å². The molecule has 2 aromatic carbocycles. The number of nitrogens with one attached hydrogen (secondary N) is 2. The van der Waals surface area contributed by atoms with E-state index in [9.17, 15) is 27.7 Å². The highest BCUT2D eigenvalue weighted by atomic mass is 35.5. The number of fused-ring (bicyclic) bond motifs is 2. The van der Waals surface area contributed by atoms with Crippen LogP contribution in [0.15, 0.2) is 46.2 Å². The van der Waals surface area contributed by atoms with E-state index in [2.05, 4.69) is 15.2 Å². The van der Waals surface area contributed by atoms with E-state index >= 15 is 0 Å². The van der Waals surface area contributed by atoms with E-state index in [0.29, 0.717) is 35.2 Å². The van der Waals surface area contributed by atoms with Gasteiger partial charge in [-0.15, -0.1) is 4.91 Å². The highest BCUT2D eigenvalue weighted by molar-refractivity contribution is 7.88. The molecule has 2 heterocycles. The molecule has 39 heavy (non-hydrogen) atoms. The number of sulfonamides is 1. The molecule has 0 spiro atoms. The van der Waals surface area contributed by atoms with Crippen LogP contribution in [0.5, 0.6) is 0 Å². The van der Waals surface area contributed by atoms with Gasteiger partial charge in [0.15, 0.2) is 0 Å². The van der Waals surface area contributed by atoms with Crippen LogP contribution in [-0.4, -0.2) is 56.4 Å². The van der Waals surface area contributed by atoms with Crippen molar-refractivity contribution in [1.29, 1.82) is 0 Å². The highest BCUT2D eigenvalue weighted by Gasteiger charge is 2.30. The minimum absolute atomic E-state index is 0.00227. The largest absolute Gasteiger partial charge is 0.464 e. The van der Waals surface area contributed by atoms with Gasteiger partial charge in [0.25, 0.3) is 11.8 Å². The topological polar surface area (TPSA) is 155 Å². The van der Waals surface area contributed by atoms with Gasteiger partial charge in [0, 0.05) is 35.8 Å². The first-order chi connectivity index (χ1) is 18.5. The van der Waals surface area contributed by atoms with Crippen LogP contribution in [0, 0.1) is 4.91 Å². The molecule has 1 aliphatic heterocycles. The summed E-state index contributed by atoms with van der Waals surface area (Å²) in [5.74, 6) is -2.09. The monoisotopic (exact) mass is 594 g/mol. The van der Waals surface area contributed by atoms with Crippen LogP contribution in [0.3, 0.4) is 0 Å². The summed E-state index contributed by atoms with van der Waals surface area (Å²) in [6, 6.07) is 7.29. The lowest BCUT2D eigenvalue weighted by molar-refractivity contribution is -0.119. The first kappa shape index (κ1) is 28.7. The predicted octanol–water partition coefficient (Wildman–Crippen LogP) is 3.66. The average Bonchev–Trinajstić information content (AvgIpc) is 3.36. The summed E-state index contributed by atoms with van der Waals surface area (Å²) in [5.41, 5.74) is 2.33. The molecule has 11 nitrogen and oxygen atoms in total. The maximum absolute atomic E-state index is 13.1. The minimum Gasteiger partial charge on any atom is -0.464 e. The number of benzene rings is 2. The summed E-state index contributed by atoms with van der Waals surface area (Å²) < 4.78 is 30.1. The Morgan fingerprint density at radius 2 is 1.95 bits per heavy atom. The molecule has 0 radical (unpaired) electrons. The van der Waals surface area contributed by atoms with Crippen LogP contribution in [0.25, 0.3) is 11.0 Å². The van der Waals surface area contributed by atoms with Crippen molar-refractivity contribution in [1.82, 2.24) is 14.9 Å². The molecule has 0 aliphatic carbocycles. The Morgan fingerprint density at radius 3 is 2.67 bits per heavy atom. The summed E-state index contributed by atoms with van der Waals surface area (Å²) in [4.78, 5) is 50.7. The van der Waals surface area contributed by atoms with Gasteiger partial charge < -0.3 is 14.6 Å². The molecule has 3 amide bonds. The van der Waals surface area contributed by atoms with Crippen LogP contribution in [0.4, 0.5) is 0 Å². The summed E-state index contributed by atoms with van der Waals surface area (Å²) >= 11 is 13.0. The Hall–Kier alpha value is -3.32. The number of hydrogen-bond donors (Lipinski definition) is 2. The number of rotatable bonds is 9. The SMILES string of the molecule is CS(=O)(=O)NCCC[C@H](NC(=O)c1c(Cl)cc2c(c1Cl)CCN(C(=O)c1ccc3ccoc3c1)C2)C(=O)N=O. The summed E-state index contributed by atoms with van der Waals surface area (Å²) in [6.45, 7) is 0.561. The molecule has 14 heteroatoms. The quantitative estimate of drug-likeness (QED) is 0.283. The average molecular weight is 595 g/mol. The molecular weight excluding hydrogens is 571 g/mol. The third-order valence-electron chi connectivity index (χ3n) is 6.35. The summed E-state index contributed by atoms with van der Waals surface area (Å²) in [7, 11) is -3.44. The zero-order valence-electron chi connectivity index (χ0n) is 20.7. The molecule has 3 aromatic rings. The van der Waals surface area contributed by atoms with Crippen molar-refractivity contribution < 1.29 is 27.2 Å². The second-order valence-electron chi connectivity index (χ2n) is 9.10. The van der Waals surface area contributed by atoms with Crippen molar-refractivity contribution in [2.75, 3.05) is 19.3 Å². The van der Waals surface area contributed by atoms with Crippen molar-refractivity contribution in [2.24, 2.45) is 5.18 Å². The Bertz CT molecular complexity index is 1570. The van der Waals surface area contributed by atoms with Gasteiger partial charge >= 0.3 is 5.91 Å². The minimum atomic E-state index is -3.44. The number of halogens is 2. The van der Waals surface area contributed by atoms with E-state index in [1.165, 1.54) is 0 Å². The second kappa shape index (κ2) is 11.8. The molecule has 0 saturated heterocycles. The fraction of sp³-hybridized carbons (Fsp3) is 0.320. The normalized spacial score (nSPS) is 14.1. The smallest absolute Gasteiger partial charge is 0.308 e. The van der Waals surface area contributed by atoms with Gasteiger partial charge in [0.05, 0.1) is 28.1 Å². The predicted molar refractivity (Wildman–Crippen MR) is 145 cm³/mol. The fourth-order valence-electron chi connectivity index (χ4n) is 4.42. The van der Waals surface area contributed by atoms with Crippen LogP contribution in [0.1, 0.15) is 44.7 Å². The van der Waals surface area contributed by atoms with E-state index in [1.54, 1.807) is 29.4 Å². The Morgan fingerprint density at radius 1 is 1.18 bits per heavy atom. The molecule has 0 saturated carbocycles. The number of amides is 3. The van der Waals surface area contributed by atoms with Crippen LogP contribution < -0.4 is 10.0 Å². The molecule has 1 atom stereocenters. The zero-order valence-corrected chi connectivity index (χ0v) is 23.0. The van der Waals surface area contributed by atoms with Gasteiger partial charge in [-0.25, -0.2) is 13.1 Å². The molecule has 206 valence electrons. The van der Waals surface area contributed by atoms with Crippen molar-refractivity contribution in [3.8, 4) is 0 Å². The second-order valence-corrected chi connectivity index (χ2v) is 11.7. The first-order valence-electron chi connectivity index (χ1n) is 11.9. The molecule has 0 unspecified atom stereocenters. The van der Waals surface area contributed by atoms with Gasteiger partial charge in [0.2, 0.25) is 10.0 Å². The number of hydrogen-bond acceptors (Lipinski definition) is 7. The van der Waals surface area contributed by atoms with Gasteiger partial charge in [-0.05, 0) is 54.7 Å². The standard InChI is InChI=1S/C25H24Cl2N4O7S/c1-39(36,37)28-8-2-3-19(23(32)30-35)29-24(33)21-18(26)11-16-13-31(9-6-17(16)22(21)27)25(34)15-5-4-14-7-10-38-20(14)12-15/h4-5,7,10-12,19,28H,2-3,6,8-9,13H2,1H3,(H,29,33)/t19-/m0/s1. The van der Waals surface area contributed by atoms with Gasteiger partial charge in [0.1, 0.15) is 11.6 Å². The lowest BCUT2D eigenvalue weighted by Crippen LogP contribution is -2.41. The third-order valence-corrected chi connectivity index (χ3v) is 7.79. The number of nitroso groups, excluding NO2 is 1. The maximum atomic E-state index is 13.1. The Labute approximate surface area is 233 Å². The molecule has 1 aromatic heterocycles. The van der Waals surface area contributed by atoms with Crippen molar-refractivity contribution in [2.45, 2.75) is 31.8 Å². The van der Waals surface area contributed by atoms with E-state index in [-0.39, 0.29) is 47.4 Å². The highest BCUT2D eigenvalue weighted by Crippen LogP contribution is 2.35. The molecular formula is C25H24Cl2N4O7S. The van der Waals surface area contributed by atoms with E-state index in [0.717, 1.165) is 11.6 Å². The number of furan rings is 1. The number of nitrogens with zero attached hydrogens (tertiary/aromatic N) is 2. The molecule has 1 aliphatic rings. The van der Waals surface area contributed by atoms with Crippen molar-refractivity contribution >= 4 is 61.9 Å². The van der Waals surface area contributed by atoms with Gasteiger partial charge in [-0.2, -0.15) is 0 Å². The molecule has 2 N–H and O–H groups in total. The lowest BCUT2D eigenvalue weighted by Gasteiger charge is -2.30. The first-order valence-corrected chi connectivity index (χ1v) is 14.5. The van der Waals surface area contributed by atoms with Crippen LogP contribution in [-0.2, 0) is 27.8 Å². The Balaban J connectivity index is 1.49. The summed E-state index contributed by atoms with van der Waals surface area (Å²) in [6.07, 6.45) is 3.01. The van der Waals surface area contributed by atoms with Gasteiger partial charge in [-0.1, -0.05) is 29.3 Å².